The fraction of sp³-hybridized carbons (Fsp3) is 0.423. The van der Waals surface area contributed by atoms with Crippen molar-refractivity contribution in [1.82, 2.24) is 20.1 Å². The van der Waals surface area contributed by atoms with Gasteiger partial charge in [-0.2, -0.15) is 5.10 Å². The Hall–Kier alpha value is -3.18. The molecule has 0 aliphatic carbocycles. The molecule has 0 spiro atoms. The molecule has 3 atom stereocenters. The topological polar surface area (TPSA) is 94.1 Å². The molecule has 1 saturated heterocycles. The highest BCUT2D eigenvalue weighted by atomic mass is 35.5. The smallest absolute Gasteiger partial charge is 0.310 e. The molecule has 1 aromatic carbocycles. The Balaban J connectivity index is 1.64. The summed E-state index contributed by atoms with van der Waals surface area (Å²) in [4.78, 5) is 18.5. The number of likely N-dealkylation sites (tertiary alicyclic amines) is 1. The van der Waals surface area contributed by atoms with Gasteiger partial charge in [-0.25, -0.2) is 22.5 Å². The van der Waals surface area contributed by atoms with E-state index in [1.165, 1.54) is 6.07 Å². The molecule has 0 unspecified atom stereocenters. The predicted octanol–water partition coefficient (Wildman–Crippen LogP) is 6.26. The zero-order valence-corrected chi connectivity index (χ0v) is 21.8. The number of aromatic nitrogens is 3. The fourth-order valence-electron chi connectivity index (χ4n) is 5.01. The molecule has 0 amide bonds. The minimum atomic E-state index is -2.01. The number of piperidine rings is 1. The monoisotopic (exact) mass is 553 g/mol. The van der Waals surface area contributed by atoms with Gasteiger partial charge in [0.1, 0.15) is 12.0 Å². The minimum absolute atomic E-state index is 0.00258. The van der Waals surface area contributed by atoms with E-state index in [0.717, 1.165) is 6.92 Å². The Kier molecular flexibility index (Phi) is 7.98. The largest absolute Gasteiger partial charge is 0.481 e. The van der Waals surface area contributed by atoms with Crippen LogP contribution in [-0.4, -0.2) is 43.7 Å². The Morgan fingerprint density at radius 3 is 2.66 bits per heavy atom. The fourth-order valence-corrected chi connectivity index (χ4v) is 5.21. The summed E-state index contributed by atoms with van der Waals surface area (Å²) in [7, 11) is 0. The zero-order chi connectivity index (χ0) is 27.8. The molecule has 1 fully saturated rings. The van der Waals surface area contributed by atoms with Crippen LogP contribution in [0.5, 0.6) is 0 Å². The summed E-state index contributed by atoms with van der Waals surface area (Å²) in [5.41, 5.74) is -1.59. The summed E-state index contributed by atoms with van der Waals surface area (Å²) in [5, 5.41) is 19.5. The Morgan fingerprint density at radius 1 is 1.32 bits per heavy atom. The summed E-state index contributed by atoms with van der Waals surface area (Å²) >= 11 is 5.89. The van der Waals surface area contributed by atoms with Crippen LogP contribution in [0.1, 0.15) is 55.4 Å². The lowest BCUT2D eigenvalue weighted by Crippen LogP contribution is -2.50. The molecule has 0 radical (unpaired) electrons. The number of H-pyrrole nitrogens is 1. The Morgan fingerprint density at radius 2 is 2.05 bits per heavy atom. The number of aliphatic carboxylic acids is 1. The van der Waals surface area contributed by atoms with Crippen molar-refractivity contribution >= 4 is 29.2 Å². The maximum atomic E-state index is 15.4. The SMILES string of the molecule is Cc1cc(Nc2nc(C[C@@]3(C(=O)O)CCN(Cc4cccc(Cl)c4F)[C@H](C)C3)c(F)c([C@@H](C)F)c2F)n[nH]1. The number of nitrogens with one attached hydrogen (secondary N) is 2. The van der Waals surface area contributed by atoms with Crippen LogP contribution in [0.15, 0.2) is 24.3 Å². The van der Waals surface area contributed by atoms with Gasteiger partial charge in [0, 0.05) is 36.3 Å². The first-order valence-corrected chi connectivity index (χ1v) is 12.5. The van der Waals surface area contributed by atoms with Gasteiger partial charge < -0.3 is 10.4 Å². The predicted molar refractivity (Wildman–Crippen MR) is 135 cm³/mol. The van der Waals surface area contributed by atoms with Gasteiger partial charge in [0.05, 0.1) is 21.7 Å². The van der Waals surface area contributed by atoms with E-state index in [9.17, 15) is 18.7 Å². The quantitative estimate of drug-likeness (QED) is 0.285. The molecule has 2 aromatic heterocycles. The Labute approximate surface area is 222 Å². The van der Waals surface area contributed by atoms with Gasteiger partial charge >= 0.3 is 5.97 Å². The van der Waals surface area contributed by atoms with Crippen molar-refractivity contribution in [1.29, 1.82) is 0 Å². The van der Waals surface area contributed by atoms with E-state index >= 15 is 8.78 Å². The van der Waals surface area contributed by atoms with Crippen LogP contribution in [0, 0.1) is 29.8 Å². The lowest BCUT2D eigenvalue weighted by atomic mass is 9.72. The van der Waals surface area contributed by atoms with Crippen LogP contribution in [0.25, 0.3) is 0 Å². The van der Waals surface area contributed by atoms with Gasteiger partial charge in [0.15, 0.2) is 23.3 Å². The van der Waals surface area contributed by atoms with Crippen molar-refractivity contribution in [3.8, 4) is 0 Å². The molecule has 3 N–H and O–H groups in total. The number of pyridine rings is 1. The van der Waals surface area contributed by atoms with Crippen LogP contribution in [0.2, 0.25) is 5.02 Å². The standard InChI is InChI=1S/C26H28ClF4N5O2/c1-13-9-19(35-34-13)33-24-23(31)20(15(3)28)22(30)18(32-24)11-26(25(37)38)7-8-36(14(2)10-26)12-16-5-4-6-17(27)21(16)29/h4-6,9,14-15H,7-8,10-12H2,1-3H3,(H,37,38)(H2,32,33,34,35)/t14-,15-,26-/m1/s1. The van der Waals surface area contributed by atoms with E-state index in [0.29, 0.717) is 11.3 Å². The van der Waals surface area contributed by atoms with E-state index in [-0.39, 0.29) is 54.9 Å². The molecule has 38 heavy (non-hydrogen) atoms. The molecule has 1 aliphatic rings. The van der Waals surface area contributed by atoms with Crippen molar-refractivity contribution in [2.45, 2.75) is 58.8 Å². The van der Waals surface area contributed by atoms with Crippen LogP contribution in [-0.2, 0) is 17.8 Å². The van der Waals surface area contributed by atoms with Gasteiger partial charge in [-0.3, -0.25) is 14.8 Å². The maximum Gasteiger partial charge on any atom is 0.310 e. The van der Waals surface area contributed by atoms with Crippen LogP contribution >= 0.6 is 11.6 Å². The van der Waals surface area contributed by atoms with E-state index in [4.69, 9.17) is 11.6 Å². The summed E-state index contributed by atoms with van der Waals surface area (Å²) in [6.07, 6.45) is -2.21. The second-order valence-electron chi connectivity index (χ2n) is 9.87. The van der Waals surface area contributed by atoms with Crippen molar-refractivity contribution in [3.05, 3.63) is 69.3 Å². The van der Waals surface area contributed by atoms with Crippen molar-refractivity contribution in [3.63, 3.8) is 0 Å². The number of halogens is 5. The second kappa shape index (κ2) is 10.9. The molecule has 3 aromatic rings. The number of hydrogen-bond acceptors (Lipinski definition) is 5. The summed E-state index contributed by atoms with van der Waals surface area (Å²) in [5.74, 6) is -4.39. The summed E-state index contributed by atoms with van der Waals surface area (Å²) in [6.45, 7) is 5.00. The number of aromatic amines is 1. The number of rotatable bonds is 8. The minimum Gasteiger partial charge on any atom is -0.481 e. The van der Waals surface area contributed by atoms with Crippen LogP contribution in [0.3, 0.4) is 0 Å². The van der Waals surface area contributed by atoms with E-state index in [1.807, 2.05) is 4.90 Å². The first-order chi connectivity index (χ1) is 17.9. The maximum absolute atomic E-state index is 15.4. The molecule has 12 heteroatoms. The molecular formula is C26H28ClF4N5O2. The van der Waals surface area contributed by atoms with Gasteiger partial charge in [-0.15, -0.1) is 0 Å². The molecule has 3 heterocycles. The number of anilines is 2. The molecular weight excluding hydrogens is 526 g/mol. The molecule has 1 aliphatic heterocycles. The van der Waals surface area contributed by atoms with Crippen molar-refractivity contribution in [2.75, 3.05) is 11.9 Å². The highest BCUT2D eigenvalue weighted by molar-refractivity contribution is 6.30. The van der Waals surface area contributed by atoms with E-state index < -0.39 is 46.4 Å². The van der Waals surface area contributed by atoms with Crippen molar-refractivity contribution in [2.24, 2.45) is 5.41 Å². The third kappa shape index (κ3) is 5.49. The summed E-state index contributed by atoms with van der Waals surface area (Å²) in [6, 6.07) is 5.93. The van der Waals surface area contributed by atoms with E-state index in [2.05, 4.69) is 20.5 Å². The number of alkyl halides is 1. The molecule has 0 bridgehead atoms. The lowest BCUT2D eigenvalue weighted by molar-refractivity contribution is -0.153. The van der Waals surface area contributed by atoms with Gasteiger partial charge in [0.25, 0.3) is 0 Å². The molecule has 0 saturated carbocycles. The number of carboxylic acids is 1. The first-order valence-electron chi connectivity index (χ1n) is 12.1. The van der Waals surface area contributed by atoms with Crippen molar-refractivity contribution < 1.29 is 27.5 Å². The number of benzene rings is 1. The average Bonchev–Trinajstić information content (AvgIpc) is 3.26. The third-order valence-corrected chi connectivity index (χ3v) is 7.37. The van der Waals surface area contributed by atoms with Crippen LogP contribution < -0.4 is 5.32 Å². The highest BCUT2D eigenvalue weighted by Crippen LogP contribution is 2.41. The van der Waals surface area contributed by atoms with Gasteiger partial charge in [-0.05, 0) is 46.2 Å². The highest BCUT2D eigenvalue weighted by Gasteiger charge is 2.46. The second-order valence-corrected chi connectivity index (χ2v) is 10.3. The third-order valence-electron chi connectivity index (χ3n) is 7.08. The first kappa shape index (κ1) is 27.8. The Bertz CT molecular complexity index is 1350. The van der Waals surface area contributed by atoms with E-state index in [1.54, 1.807) is 32.0 Å². The lowest BCUT2D eigenvalue weighted by Gasteiger charge is -2.43. The van der Waals surface area contributed by atoms with Gasteiger partial charge in [-0.1, -0.05) is 23.7 Å². The number of aryl methyl sites for hydroxylation is 1. The number of carboxylic acid groups (broad SMARTS) is 1. The molecule has 204 valence electrons. The summed E-state index contributed by atoms with van der Waals surface area (Å²) < 4.78 is 59.3. The normalized spacial score (nSPS) is 20.9. The molecule has 7 nitrogen and oxygen atoms in total. The van der Waals surface area contributed by atoms with Gasteiger partial charge in [0.2, 0.25) is 0 Å². The molecule has 4 rings (SSSR count). The number of nitrogens with zero attached hydrogens (tertiary/aromatic N) is 3. The number of carbonyl (C=O) groups is 1. The van der Waals surface area contributed by atoms with Crippen LogP contribution in [0.4, 0.5) is 29.2 Å². The number of hydrogen-bond donors (Lipinski definition) is 3. The zero-order valence-electron chi connectivity index (χ0n) is 21.1. The average molecular weight is 554 g/mol.